The van der Waals surface area contributed by atoms with Crippen LogP contribution in [0.2, 0.25) is 5.02 Å². The van der Waals surface area contributed by atoms with Crippen LogP contribution in [-0.4, -0.2) is 31.1 Å². The first-order chi connectivity index (χ1) is 8.69. The van der Waals surface area contributed by atoms with Crippen LogP contribution in [0.5, 0.6) is 0 Å². The molecule has 0 aliphatic rings. The van der Waals surface area contributed by atoms with Crippen molar-refractivity contribution in [3.05, 3.63) is 34.6 Å². The summed E-state index contributed by atoms with van der Waals surface area (Å²) in [7, 11) is 0. The molecule has 0 aromatic heterocycles. The number of benzene rings is 1. The summed E-state index contributed by atoms with van der Waals surface area (Å²) in [6, 6.07) is 4.92. The third-order valence-electron chi connectivity index (χ3n) is 2.94. The van der Waals surface area contributed by atoms with E-state index in [1.165, 1.54) is 12.5 Å². The predicted molar refractivity (Wildman–Crippen MR) is 75.5 cm³/mol. The summed E-state index contributed by atoms with van der Waals surface area (Å²) in [5.41, 5.74) is 0.815. The number of likely N-dealkylation sites (N-methyl/N-ethyl adjacent to an activating group) is 1. The summed E-state index contributed by atoms with van der Waals surface area (Å²) >= 11 is 5.89. The van der Waals surface area contributed by atoms with Gasteiger partial charge in [0, 0.05) is 19.6 Å². The van der Waals surface area contributed by atoms with E-state index in [4.69, 9.17) is 11.6 Å². The number of rotatable bonds is 8. The fraction of sp³-hybridized carbons (Fsp3) is 0.571. The Morgan fingerprint density at radius 1 is 1.28 bits per heavy atom. The van der Waals surface area contributed by atoms with E-state index >= 15 is 0 Å². The second kappa shape index (κ2) is 8.46. The lowest BCUT2D eigenvalue weighted by Crippen LogP contribution is -2.32. The molecular weight excluding hydrogens is 251 g/mol. The molecule has 1 aromatic rings. The van der Waals surface area contributed by atoms with Gasteiger partial charge < -0.3 is 10.2 Å². The molecule has 18 heavy (non-hydrogen) atoms. The largest absolute Gasteiger partial charge is 0.311 e. The third kappa shape index (κ3) is 4.92. The molecule has 0 spiro atoms. The van der Waals surface area contributed by atoms with Crippen molar-refractivity contribution in [3.63, 3.8) is 0 Å². The minimum atomic E-state index is -0.350. The fourth-order valence-electron chi connectivity index (χ4n) is 1.89. The molecule has 0 atom stereocenters. The highest BCUT2D eigenvalue weighted by atomic mass is 35.5. The van der Waals surface area contributed by atoms with Gasteiger partial charge in [0.25, 0.3) is 0 Å². The highest BCUT2D eigenvalue weighted by Crippen LogP contribution is 2.19. The first kappa shape index (κ1) is 15.4. The number of hydrogen-bond acceptors (Lipinski definition) is 2. The molecule has 0 fully saturated rings. The van der Waals surface area contributed by atoms with Crippen molar-refractivity contribution < 1.29 is 4.39 Å². The van der Waals surface area contributed by atoms with Gasteiger partial charge in [-0.2, -0.15) is 0 Å². The smallest absolute Gasteiger partial charge is 0.142 e. The van der Waals surface area contributed by atoms with Crippen molar-refractivity contribution in [2.45, 2.75) is 26.8 Å². The van der Waals surface area contributed by atoms with E-state index < -0.39 is 0 Å². The number of hydrogen-bond donors (Lipinski definition) is 1. The lowest BCUT2D eigenvalue weighted by Gasteiger charge is -2.19. The molecule has 1 rings (SSSR count). The van der Waals surface area contributed by atoms with Crippen molar-refractivity contribution in [1.82, 2.24) is 10.2 Å². The van der Waals surface area contributed by atoms with Gasteiger partial charge in [-0.25, -0.2) is 4.39 Å². The predicted octanol–water partition coefficient (Wildman–Crippen LogP) is 3.30. The van der Waals surface area contributed by atoms with Gasteiger partial charge in [-0.3, -0.25) is 0 Å². The van der Waals surface area contributed by atoms with Gasteiger partial charge in [0.05, 0.1) is 5.02 Å². The molecule has 4 heteroatoms. The standard InChI is InChI=1S/C14H22ClFN2/c1-3-9-18(4-2)10-8-17-11-12-6-5-7-13(16)14(12)15/h5-7,17H,3-4,8-11H2,1-2H3. The summed E-state index contributed by atoms with van der Waals surface area (Å²) < 4.78 is 13.2. The average Bonchev–Trinajstić information content (AvgIpc) is 2.38. The Bertz CT molecular complexity index is 358. The Hall–Kier alpha value is -0.640. The lowest BCUT2D eigenvalue weighted by molar-refractivity contribution is 0.287. The molecule has 0 heterocycles. The molecule has 102 valence electrons. The zero-order valence-corrected chi connectivity index (χ0v) is 11.9. The van der Waals surface area contributed by atoms with Crippen molar-refractivity contribution in [2.75, 3.05) is 26.2 Å². The molecule has 0 saturated carbocycles. The molecular formula is C14H22ClFN2. The van der Waals surface area contributed by atoms with Crippen LogP contribution in [-0.2, 0) is 6.54 Å². The Balaban J connectivity index is 2.31. The lowest BCUT2D eigenvalue weighted by atomic mass is 10.2. The van der Waals surface area contributed by atoms with Crippen molar-refractivity contribution in [3.8, 4) is 0 Å². The second-order valence-electron chi connectivity index (χ2n) is 4.32. The molecule has 2 nitrogen and oxygen atoms in total. The van der Waals surface area contributed by atoms with E-state index in [0.717, 1.165) is 31.7 Å². The molecule has 1 N–H and O–H groups in total. The minimum Gasteiger partial charge on any atom is -0.311 e. The van der Waals surface area contributed by atoms with Crippen LogP contribution in [0.15, 0.2) is 18.2 Å². The number of halogens is 2. The Morgan fingerprint density at radius 2 is 2.06 bits per heavy atom. The van der Waals surface area contributed by atoms with E-state index in [0.29, 0.717) is 6.54 Å². The highest BCUT2D eigenvalue weighted by Gasteiger charge is 2.05. The maximum absolute atomic E-state index is 13.2. The molecule has 0 aliphatic heterocycles. The topological polar surface area (TPSA) is 15.3 Å². The third-order valence-corrected chi connectivity index (χ3v) is 3.36. The van der Waals surface area contributed by atoms with E-state index in [1.54, 1.807) is 6.07 Å². The Labute approximate surface area is 114 Å². The number of nitrogens with one attached hydrogen (secondary N) is 1. The van der Waals surface area contributed by atoms with Crippen LogP contribution in [0, 0.1) is 5.82 Å². The van der Waals surface area contributed by atoms with E-state index in [9.17, 15) is 4.39 Å². The second-order valence-corrected chi connectivity index (χ2v) is 4.70. The highest BCUT2D eigenvalue weighted by molar-refractivity contribution is 6.31. The molecule has 0 saturated heterocycles. The van der Waals surface area contributed by atoms with Crippen LogP contribution < -0.4 is 5.32 Å². The van der Waals surface area contributed by atoms with E-state index in [2.05, 4.69) is 24.1 Å². The van der Waals surface area contributed by atoms with Crippen molar-refractivity contribution in [2.24, 2.45) is 0 Å². The molecule has 1 aromatic carbocycles. The van der Waals surface area contributed by atoms with Gasteiger partial charge in [-0.05, 0) is 31.1 Å². The molecule has 0 bridgehead atoms. The Morgan fingerprint density at radius 3 is 2.72 bits per heavy atom. The normalized spacial score (nSPS) is 11.2. The minimum absolute atomic E-state index is 0.228. The molecule has 0 unspecified atom stereocenters. The summed E-state index contributed by atoms with van der Waals surface area (Å²) in [5.74, 6) is -0.350. The maximum Gasteiger partial charge on any atom is 0.142 e. The first-order valence-electron chi connectivity index (χ1n) is 6.55. The van der Waals surface area contributed by atoms with Gasteiger partial charge in [-0.15, -0.1) is 0 Å². The Kier molecular flexibility index (Phi) is 7.25. The zero-order valence-electron chi connectivity index (χ0n) is 11.2. The van der Waals surface area contributed by atoms with Crippen molar-refractivity contribution in [1.29, 1.82) is 0 Å². The van der Waals surface area contributed by atoms with E-state index in [1.807, 2.05) is 6.07 Å². The monoisotopic (exact) mass is 272 g/mol. The summed E-state index contributed by atoms with van der Waals surface area (Å²) in [6.45, 7) is 9.05. The van der Waals surface area contributed by atoms with Gasteiger partial charge in [0.2, 0.25) is 0 Å². The summed E-state index contributed by atoms with van der Waals surface area (Å²) in [6.07, 6.45) is 1.17. The van der Waals surface area contributed by atoms with Crippen LogP contribution in [0.1, 0.15) is 25.8 Å². The zero-order chi connectivity index (χ0) is 13.4. The van der Waals surface area contributed by atoms with Crippen LogP contribution in [0.3, 0.4) is 0 Å². The molecule has 0 radical (unpaired) electrons. The SMILES string of the molecule is CCCN(CC)CCNCc1cccc(F)c1Cl. The summed E-state index contributed by atoms with van der Waals surface area (Å²) in [4.78, 5) is 2.39. The van der Waals surface area contributed by atoms with Crippen molar-refractivity contribution >= 4 is 11.6 Å². The van der Waals surface area contributed by atoms with Crippen LogP contribution in [0.25, 0.3) is 0 Å². The van der Waals surface area contributed by atoms with Crippen LogP contribution in [0.4, 0.5) is 4.39 Å². The molecule has 0 amide bonds. The average molecular weight is 273 g/mol. The van der Waals surface area contributed by atoms with E-state index in [-0.39, 0.29) is 10.8 Å². The molecule has 0 aliphatic carbocycles. The van der Waals surface area contributed by atoms with Gasteiger partial charge >= 0.3 is 0 Å². The summed E-state index contributed by atoms with van der Waals surface area (Å²) in [5, 5.41) is 3.53. The first-order valence-corrected chi connectivity index (χ1v) is 6.92. The fourth-order valence-corrected chi connectivity index (χ4v) is 2.08. The maximum atomic E-state index is 13.2. The quantitative estimate of drug-likeness (QED) is 0.731. The van der Waals surface area contributed by atoms with Gasteiger partial charge in [0.1, 0.15) is 5.82 Å². The van der Waals surface area contributed by atoms with Crippen LogP contribution >= 0.6 is 11.6 Å². The van der Waals surface area contributed by atoms with Gasteiger partial charge in [0.15, 0.2) is 0 Å². The van der Waals surface area contributed by atoms with Gasteiger partial charge in [-0.1, -0.05) is 37.6 Å². The number of nitrogens with zero attached hydrogens (tertiary/aromatic N) is 1.